The number of hydrogen-bond donors (Lipinski definition) is 3. The maximum atomic E-state index is 14.1. The summed E-state index contributed by atoms with van der Waals surface area (Å²) >= 11 is 0. The van der Waals surface area contributed by atoms with Gasteiger partial charge in [-0.05, 0) is 105 Å². The van der Waals surface area contributed by atoms with Gasteiger partial charge in [0.05, 0.1) is 5.41 Å². The number of amides is 1. The van der Waals surface area contributed by atoms with Crippen LogP contribution < -0.4 is 21.1 Å². The highest BCUT2D eigenvalue weighted by atomic mass is 19.3. The number of carbonyl (C=O) groups excluding carboxylic acids is 2. The first-order chi connectivity index (χ1) is 22.4. The second-order valence-corrected chi connectivity index (χ2v) is 13.1. The third-order valence-electron chi connectivity index (χ3n) is 10.1. The summed E-state index contributed by atoms with van der Waals surface area (Å²) in [6, 6.07) is 11.8. The zero-order valence-corrected chi connectivity index (χ0v) is 28.0. The fourth-order valence-corrected chi connectivity index (χ4v) is 7.26. The van der Waals surface area contributed by atoms with E-state index in [1.807, 2.05) is 51.1 Å². The summed E-state index contributed by atoms with van der Waals surface area (Å²) in [5, 5.41) is 6.19. The highest BCUT2D eigenvalue weighted by molar-refractivity contribution is 5.99. The average molecular weight is 649 g/mol. The van der Waals surface area contributed by atoms with Crippen molar-refractivity contribution >= 4 is 23.6 Å². The number of anilines is 2. The number of hydrogen-bond acceptors (Lipinski definition) is 6. The summed E-state index contributed by atoms with van der Waals surface area (Å²) < 4.78 is 33.8. The molecule has 10 heteroatoms. The Kier molecular flexibility index (Phi) is 10.2. The summed E-state index contributed by atoms with van der Waals surface area (Å²) in [5.41, 5.74) is 6.17. The van der Waals surface area contributed by atoms with E-state index >= 15 is 0 Å². The van der Waals surface area contributed by atoms with Crippen molar-refractivity contribution in [3.63, 3.8) is 0 Å². The Balaban J connectivity index is 1.57. The molecular weight excluding hydrogens is 602 g/mol. The molecule has 0 bridgehead atoms. The number of aryl methyl sites for hydroxylation is 2. The molecule has 3 aromatic rings. The van der Waals surface area contributed by atoms with Crippen molar-refractivity contribution in [2.24, 2.45) is 0 Å². The summed E-state index contributed by atoms with van der Waals surface area (Å²) in [6.45, 7) is 9.91. The lowest BCUT2D eigenvalue weighted by Gasteiger charge is -2.37. The van der Waals surface area contributed by atoms with Crippen LogP contribution in [0.25, 0.3) is 11.1 Å². The fourth-order valence-electron chi connectivity index (χ4n) is 7.26. The van der Waals surface area contributed by atoms with Crippen molar-refractivity contribution in [1.82, 2.24) is 10.3 Å². The van der Waals surface area contributed by atoms with Crippen LogP contribution in [0.4, 0.5) is 20.2 Å². The van der Waals surface area contributed by atoms with E-state index in [2.05, 4.69) is 33.5 Å². The highest BCUT2D eigenvalue weighted by Gasteiger charge is 2.45. The molecule has 2 aromatic carbocycles. The first-order valence-electron chi connectivity index (χ1n) is 16.6. The van der Waals surface area contributed by atoms with Crippen molar-refractivity contribution in [1.29, 1.82) is 0 Å². The van der Waals surface area contributed by atoms with Crippen LogP contribution in [0.3, 0.4) is 0 Å². The Labute approximate surface area is 275 Å². The Morgan fingerprint density at radius 1 is 1.04 bits per heavy atom. The van der Waals surface area contributed by atoms with Gasteiger partial charge < -0.3 is 30.0 Å². The summed E-state index contributed by atoms with van der Waals surface area (Å²) in [5.74, 6) is -3.05. The predicted molar refractivity (Wildman–Crippen MR) is 182 cm³/mol. The van der Waals surface area contributed by atoms with Crippen molar-refractivity contribution in [3.8, 4) is 11.1 Å². The molecule has 1 amide bonds. The number of aldehydes is 1. The van der Waals surface area contributed by atoms with Gasteiger partial charge in [-0.3, -0.25) is 9.59 Å². The predicted octanol–water partition coefficient (Wildman–Crippen LogP) is 6.59. The lowest BCUT2D eigenvalue weighted by atomic mass is 9.68. The molecule has 2 heterocycles. The zero-order valence-electron chi connectivity index (χ0n) is 28.0. The number of nitrogens with one attached hydrogen (secondary N) is 3. The van der Waals surface area contributed by atoms with Gasteiger partial charge in [0.2, 0.25) is 5.92 Å². The summed E-state index contributed by atoms with van der Waals surface area (Å²) in [6.07, 6.45) is 2.08. The molecule has 1 aliphatic carbocycles. The van der Waals surface area contributed by atoms with E-state index in [1.54, 1.807) is 7.05 Å². The van der Waals surface area contributed by atoms with Gasteiger partial charge in [0.25, 0.3) is 11.5 Å². The number of benzene rings is 2. The smallest absolute Gasteiger partial charge is 0.253 e. The van der Waals surface area contributed by atoms with E-state index in [-0.39, 0.29) is 49.7 Å². The standard InChI is InChI=1S/C37H46F2N4O4/c1-6-43(28-9-15-47-16-10-28)33-20-27(18-29(25(33)4)34(45)41-21-30-23(2)17-24(3)42-35(30)46)26-7-8-31(32(19-26)40-5)36(22-44)11-13-37(38,39)14-12-36/h7-8,17-20,22,28,40H,6,9-16,21H2,1-5H3,(H,41,45)(H,42,46). The summed E-state index contributed by atoms with van der Waals surface area (Å²) in [7, 11) is 1.76. The van der Waals surface area contributed by atoms with Crippen LogP contribution in [-0.4, -0.2) is 55.9 Å². The Morgan fingerprint density at radius 3 is 2.36 bits per heavy atom. The Bertz CT molecular complexity index is 1690. The number of pyridine rings is 1. The van der Waals surface area contributed by atoms with E-state index in [9.17, 15) is 23.2 Å². The van der Waals surface area contributed by atoms with E-state index in [0.29, 0.717) is 35.6 Å². The van der Waals surface area contributed by atoms with Gasteiger partial charge >= 0.3 is 0 Å². The zero-order chi connectivity index (χ0) is 33.9. The maximum absolute atomic E-state index is 14.1. The first-order valence-corrected chi connectivity index (χ1v) is 16.6. The van der Waals surface area contributed by atoms with Gasteiger partial charge in [-0.15, -0.1) is 0 Å². The largest absolute Gasteiger partial charge is 0.388 e. The van der Waals surface area contributed by atoms with Crippen LogP contribution in [0.2, 0.25) is 0 Å². The quantitative estimate of drug-likeness (QED) is 0.215. The molecule has 0 spiro atoms. The van der Waals surface area contributed by atoms with Crippen molar-refractivity contribution in [3.05, 3.63) is 80.3 Å². The number of alkyl halides is 2. The van der Waals surface area contributed by atoms with Gasteiger partial charge in [-0.25, -0.2) is 8.78 Å². The van der Waals surface area contributed by atoms with Crippen LogP contribution in [0.5, 0.6) is 0 Å². The average Bonchev–Trinajstić information content (AvgIpc) is 3.06. The van der Waals surface area contributed by atoms with Crippen LogP contribution in [0.1, 0.15) is 83.8 Å². The number of aromatic nitrogens is 1. The van der Waals surface area contributed by atoms with Crippen LogP contribution in [-0.2, 0) is 21.5 Å². The Morgan fingerprint density at radius 2 is 1.74 bits per heavy atom. The fraction of sp³-hybridized carbons (Fsp3) is 0.486. The van der Waals surface area contributed by atoms with Gasteiger partial charge in [0, 0.05) is 80.4 Å². The number of nitrogens with zero attached hydrogens (tertiary/aromatic N) is 1. The molecule has 1 aliphatic heterocycles. The van der Waals surface area contributed by atoms with E-state index in [4.69, 9.17) is 4.74 Å². The number of halogens is 2. The van der Waals surface area contributed by atoms with Gasteiger partial charge in [-0.1, -0.05) is 12.1 Å². The molecule has 2 fully saturated rings. The second-order valence-electron chi connectivity index (χ2n) is 13.1. The molecule has 8 nitrogen and oxygen atoms in total. The molecule has 252 valence electrons. The number of H-pyrrole nitrogens is 1. The number of ether oxygens (including phenoxy) is 1. The lowest BCUT2D eigenvalue weighted by Crippen LogP contribution is -2.40. The SMILES string of the molecule is CCN(c1cc(-c2ccc(C3(C=O)CCC(F)(F)CC3)c(NC)c2)cc(C(=O)NCc2c(C)cc(C)[nH]c2=O)c1C)C1CCOCC1. The van der Waals surface area contributed by atoms with Crippen molar-refractivity contribution in [2.45, 2.75) is 90.1 Å². The van der Waals surface area contributed by atoms with Crippen LogP contribution in [0, 0.1) is 20.8 Å². The molecule has 0 radical (unpaired) electrons. The van der Waals surface area contributed by atoms with Gasteiger partial charge in [-0.2, -0.15) is 0 Å². The van der Waals surface area contributed by atoms with Crippen LogP contribution in [0.15, 0.2) is 41.2 Å². The highest BCUT2D eigenvalue weighted by Crippen LogP contribution is 2.47. The minimum absolute atomic E-state index is 0.0797. The van der Waals surface area contributed by atoms with Crippen molar-refractivity contribution < 1.29 is 23.1 Å². The molecular formula is C37H46F2N4O4. The molecule has 1 saturated carbocycles. The van der Waals surface area contributed by atoms with Crippen molar-refractivity contribution in [2.75, 3.05) is 37.0 Å². The van der Waals surface area contributed by atoms with E-state index < -0.39 is 11.3 Å². The van der Waals surface area contributed by atoms with E-state index in [0.717, 1.165) is 59.3 Å². The molecule has 0 unspecified atom stereocenters. The molecule has 47 heavy (non-hydrogen) atoms. The second kappa shape index (κ2) is 14.0. The lowest BCUT2D eigenvalue weighted by molar-refractivity contribution is -0.117. The van der Waals surface area contributed by atoms with Crippen LogP contribution >= 0.6 is 0 Å². The van der Waals surface area contributed by atoms with Gasteiger partial charge in [0.15, 0.2) is 0 Å². The maximum Gasteiger partial charge on any atom is 0.253 e. The normalized spacial score (nSPS) is 17.6. The molecule has 3 N–H and O–H groups in total. The van der Waals surface area contributed by atoms with Gasteiger partial charge in [0.1, 0.15) is 6.29 Å². The molecule has 0 atom stereocenters. The number of carbonyl (C=O) groups is 2. The topological polar surface area (TPSA) is 104 Å². The third kappa shape index (κ3) is 7.12. The number of rotatable bonds is 10. The molecule has 5 rings (SSSR count). The molecule has 1 saturated heterocycles. The minimum Gasteiger partial charge on any atom is -0.388 e. The summed E-state index contributed by atoms with van der Waals surface area (Å²) in [4.78, 5) is 44.2. The third-order valence-corrected chi connectivity index (χ3v) is 10.1. The Hall–Kier alpha value is -4.05. The monoisotopic (exact) mass is 648 g/mol. The van der Waals surface area contributed by atoms with E-state index in [1.165, 1.54) is 0 Å². The first kappa shape index (κ1) is 34.3. The molecule has 1 aromatic heterocycles. The minimum atomic E-state index is -2.76. The number of aromatic amines is 1. The molecule has 2 aliphatic rings.